The molecule has 2 heterocycles. The van der Waals surface area contributed by atoms with Crippen molar-refractivity contribution in [3.05, 3.63) is 58.5 Å². The zero-order chi connectivity index (χ0) is 16.2. The van der Waals surface area contributed by atoms with Crippen LogP contribution in [0.1, 0.15) is 12.6 Å². The van der Waals surface area contributed by atoms with Crippen molar-refractivity contribution < 1.29 is 4.79 Å². The van der Waals surface area contributed by atoms with Gasteiger partial charge in [0.15, 0.2) is 0 Å². The molecule has 0 spiro atoms. The zero-order valence-corrected chi connectivity index (χ0v) is 13.4. The van der Waals surface area contributed by atoms with Crippen molar-refractivity contribution in [1.29, 1.82) is 0 Å². The lowest BCUT2D eigenvalue weighted by atomic mass is 10.2. The SMILES string of the molecule is CC(=O)NCCc1cccc(-c2nc(=O)c3ccccc3s2)n1. The van der Waals surface area contributed by atoms with Crippen molar-refractivity contribution in [3.63, 3.8) is 0 Å². The molecule has 3 rings (SSSR count). The maximum atomic E-state index is 12.1. The van der Waals surface area contributed by atoms with Crippen LogP contribution in [0, 0.1) is 0 Å². The molecule has 0 fully saturated rings. The van der Waals surface area contributed by atoms with E-state index in [1.54, 1.807) is 6.07 Å². The van der Waals surface area contributed by atoms with E-state index in [1.807, 2.05) is 36.4 Å². The summed E-state index contributed by atoms with van der Waals surface area (Å²) < 4.78 is 0.896. The second-order valence-electron chi connectivity index (χ2n) is 5.07. The Labute approximate surface area is 137 Å². The van der Waals surface area contributed by atoms with Crippen LogP contribution < -0.4 is 10.9 Å². The fraction of sp³-hybridized carbons (Fsp3) is 0.176. The average molecular weight is 325 g/mol. The van der Waals surface area contributed by atoms with Gasteiger partial charge in [0.1, 0.15) is 5.01 Å². The number of aromatic nitrogens is 2. The molecule has 0 aliphatic carbocycles. The molecule has 116 valence electrons. The molecule has 0 atom stereocenters. The van der Waals surface area contributed by atoms with Crippen LogP contribution in [-0.2, 0) is 11.2 Å². The molecule has 1 amide bonds. The summed E-state index contributed by atoms with van der Waals surface area (Å²) in [6.07, 6.45) is 0.635. The van der Waals surface area contributed by atoms with Gasteiger partial charge in [0.2, 0.25) is 5.91 Å². The van der Waals surface area contributed by atoms with Gasteiger partial charge >= 0.3 is 0 Å². The Bertz CT molecular complexity index is 921. The van der Waals surface area contributed by atoms with Crippen LogP contribution in [0.4, 0.5) is 0 Å². The third-order valence-electron chi connectivity index (χ3n) is 3.31. The van der Waals surface area contributed by atoms with Crippen LogP contribution in [0.3, 0.4) is 0 Å². The molecule has 0 unspecified atom stereocenters. The van der Waals surface area contributed by atoms with Crippen LogP contribution in [0.25, 0.3) is 20.8 Å². The number of rotatable bonds is 4. The normalized spacial score (nSPS) is 10.7. The number of fused-ring (bicyclic) bond motifs is 1. The van der Waals surface area contributed by atoms with E-state index >= 15 is 0 Å². The molecule has 0 bridgehead atoms. The smallest absolute Gasteiger partial charge is 0.279 e. The molecule has 0 aliphatic heterocycles. The monoisotopic (exact) mass is 325 g/mol. The summed E-state index contributed by atoms with van der Waals surface area (Å²) in [6, 6.07) is 13.1. The van der Waals surface area contributed by atoms with Crippen LogP contribution in [-0.4, -0.2) is 22.4 Å². The summed E-state index contributed by atoms with van der Waals surface area (Å²) in [5.74, 6) is -0.0597. The van der Waals surface area contributed by atoms with E-state index in [0.29, 0.717) is 29.1 Å². The van der Waals surface area contributed by atoms with E-state index in [4.69, 9.17) is 0 Å². The molecule has 0 aliphatic rings. The topological polar surface area (TPSA) is 72.0 Å². The minimum absolute atomic E-state index is 0.0597. The van der Waals surface area contributed by atoms with Crippen molar-refractivity contribution in [2.75, 3.05) is 6.54 Å². The van der Waals surface area contributed by atoms with E-state index < -0.39 is 0 Å². The standard InChI is InChI=1S/C17H15N3O2S/c1-11(21)18-10-9-12-5-4-7-14(19-12)17-20-16(22)13-6-2-3-8-15(13)23-17/h2-8H,9-10H2,1H3,(H,18,21). The van der Waals surface area contributed by atoms with Crippen LogP contribution in [0.15, 0.2) is 47.3 Å². The van der Waals surface area contributed by atoms with Gasteiger partial charge in [0.25, 0.3) is 5.56 Å². The van der Waals surface area contributed by atoms with E-state index in [0.717, 1.165) is 10.4 Å². The van der Waals surface area contributed by atoms with Gasteiger partial charge in [-0.15, -0.1) is 11.3 Å². The van der Waals surface area contributed by atoms with Crippen molar-refractivity contribution in [2.45, 2.75) is 13.3 Å². The van der Waals surface area contributed by atoms with Gasteiger partial charge in [-0.2, -0.15) is 4.98 Å². The second kappa shape index (κ2) is 6.66. The van der Waals surface area contributed by atoms with Gasteiger partial charge in [-0.1, -0.05) is 18.2 Å². The van der Waals surface area contributed by atoms with E-state index in [2.05, 4.69) is 15.3 Å². The van der Waals surface area contributed by atoms with Gasteiger partial charge in [-0.25, -0.2) is 0 Å². The molecular formula is C17H15N3O2S. The number of pyridine rings is 1. The summed E-state index contributed by atoms with van der Waals surface area (Å²) in [5.41, 5.74) is 1.30. The Morgan fingerprint density at radius 3 is 2.78 bits per heavy atom. The van der Waals surface area contributed by atoms with E-state index in [-0.39, 0.29) is 11.5 Å². The molecule has 1 aromatic carbocycles. The maximum absolute atomic E-state index is 12.1. The number of hydrogen-bond acceptors (Lipinski definition) is 5. The Hall–Kier alpha value is -2.60. The molecule has 0 radical (unpaired) electrons. The first-order chi connectivity index (χ1) is 11.1. The zero-order valence-electron chi connectivity index (χ0n) is 12.6. The first-order valence-corrected chi connectivity index (χ1v) is 8.06. The van der Waals surface area contributed by atoms with Crippen LogP contribution >= 0.6 is 11.3 Å². The first kappa shape index (κ1) is 15.3. The lowest BCUT2D eigenvalue weighted by Crippen LogP contribution is -2.22. The molecule has 5 nitrogen and oxygen atoms in total. The van der Waals surface area contributed by atoms with E-state index in [9.17, 15) is 9.59 Å². The molecule has 6 heteroatoms. The Morgan fingerprint density at radius 2 is 1.96 bits per heavy atom. The van der Waals surface area contributed by atoms with Crippen molar-refractivity contribution in [1.82, 2.24) is 15.3 Å². The number of benzene rings is 1. The second-order valence-corrected chi connectivity index (χ2v) is 6.10. The predicted octanol–water partition coefficient (Wildman–Crippen LogP) is 2.40. The summed E-state index contributed by atoms with van der Waals surface area (Å²) in [6.45, 7) is 2.02. The highest BCUT2D eigenvalue weighted by molar-refractivity contribution is 7.21. The molecular weight excluding hydrogens is 310 g/mol. The summed E-state index contributed by atoms with van der Waals surface area (Å²) in [5, 5.41) is 3.98. The number of amides is 1. The van der Waals surface area contributed by atoms with Gasteiger partial charge < -0.3 is 5.32 Å². The first-order valence-electron chi connectivity index (χ1n) is 7.24. The molecule has 0 saturated carbocycles. The lowest BCUT2D eigenvalue weighted by molar-refractivity contribution is -0.118. The van der Waals surface area contributed by atoms with Crippen molar-refractivity contribution in [2.24, 2.45) is 0 Å². The number of nitrogens with zero attached hydrogens (tertiary/aromatic N) is 2. The molecule has 2 aromatic heterocycles. The van der Waals surface area contributed by atoms with Crippen LogP contribution in [0.2, 0.25) is 0 Å². The lowest BCUT2D eigenvalue weighted by Gasteiger charge is -2.05. The number of carbonyl (C=O) groups is 1. The molecule has 3 aromatic rings. The summed E-state index contributed by atoms with van der Waals surface area (Å²) in [4.78, 5) is 31.7. The fourth-order valence-corrected chi connectivity index (χ4v) is 3.19. The predicted molar refractivity (Wildman–Crippen MR) is 91.5 cm³/mol. The Kier molecular flexibility index (Phi) is 4.43. The van der Waals surface area contributed by atoms with Gasteiger partial charge in [0.05, 0.1) is 11.1 Å². The van der Waals surface area contributed by atoms with Gasteiger partial charge in [0, 0.05) is 30.3 Å². The highest BCUT2D eigenvalue weighted by atomic mass is 32.1. The minimum Gasteiger partial charge on any atom is -0.356 e. The number of carbonyl (C=O) groups excluding carboxylic acids is 1. The molecule has 1 N–H and O–H groups in total. The largest absolute Gasteiger partial charge is 0.356 e. The van der Waals surface area contributed by atoms with Crippen molar-refractivity contribution in [3.8, 4) is 10.7 Å². The van der Waals surface area contributed by atoms with Crippen LogP contribution in [0.5, 0.6) is 0 Å². The fourth-order valence-electron chi connectivity index (χ4n) is 2.23. The van der Waals surface area contributed by atoms with E-state index in [1.165, 1.54) is 18.3 Å². The maximum Gasteiger partial charge on any atom is 0.279 e. The quantitative estimate of drug-likeness (QED) is 0.799. The van der Waals surface area contributed by atoms with Crippen molar-refractivity contribution >= 4 is 27.3 Å². The number of nitrogens with one attached hydrogen (secondary N) is 1. The summed E-state index contributed by atoms with van der Waals surface area (Å²) in [7, 11) is 0. The highest BCUT2D eigenvalue weighted by Crippen LogP contribution is 2.24. The van der Waals surface area contributed by atoms with Gasteiger partial charge in [-0.05, 0) is 24.3 Å². The highest BCUT2D eigenvalue weighted by Gasteiger charge is 2.08. The average Bonchev–Trinajstić information content (AvgIpc) is 2.55. The third kappa shape index (κ3) is 3.60. The number of hydrogen-bond donors (Lipinski definition) is 1. The summed E-state index contributed by atoms with van der Waals surface area (Å²) >= 11 is 1.45. The Morgan fingerprint density at radius 1 is 1.13 bits per heavy atom. The third-order valence-corrected chi connectivity index (χ3v) is 4.38. The molecule has 23 heavy (non-hydrogen) atoms. The Balaban J connectivity index is 1.92. The van der Waals surface area contributed by atoms with Gasteiger partial charge in [-0.3, -0.25) is 14.6 Å². The minimum atomic E-state index is -0.236. The molecule has 0 saturated heterocycles.